The van der Waals surface area contributed by atoms with E-state index in [0.717, 1.165) is 5.56 Å². The van der Waals surface area contributed by atoms with E-state index in [4.69, 9.17) is 5.11 Å². The molecule has 0 radical (unpaired) electrons. The summed E-state index contributed by atoms with van der Waals surface area (Å²) in [5.41, 5.74) is 1.93. The highest BCUT2D eigenvalue weighted by Crippen LogP contribution is 2.16. The summed E-state index contributed by atoms with van der Waals surface area (Å²) in [6, 6.07) is 8.61. The van der Waals surface area contributed by atoms with E-state index in [1.54, 1.807) is 12.1 Å². The quantitative estimate of drug-likeness (QED) is 0.872. The zero-order valence-corrected chi connectivity index (χ0v) is 12.3. The number of aromatic carboxylic acids is 1. The van der Waals surface area contributed by atoms with Gasteiger partial charge in [0.25, 0.3) is 0 Å². The van der Waals surface area contributed by atoms with Crippen LogP contribution in [0.4, 0.5) is 0 Å². The molecule has 4 nitrogen and oxygen atoms in total. The Morgan fingerprint density at radius 3 is 2.50 bits per heavy atom. The van der Waals surface area contributed by atoms with Gasteiger partial charge in [-0.15, -0.1) is 0 Å². The minimum absolute atomic E-state index is 0.0298. The fourth-order valence-electron chi connectivity index (χ4n) is 1.79. The number of ketones is 1. The third-order valence-corrected chi connectivity index (χ3v) is 3.30. The minimum atomic E-state index is -1.09. The standard InChI is InChI=1S/C15H12BrNO3/c1-9-2-4-10(5-3-9)14(18)7-13-12(15(19)20)6-11(16)8-17-13/h2-6,8H,7H2,1H3,(H,19,20). The molecular formula is C15H12BrNO3. The monoisotopic (exact) mass is 333 g/mol. The maximum Gasteiger partial charge on any atom is 0.337 e. The maximum atomic E-state index is 12.1. The van der Waals surface area contributed by atoms with Gasteiger partial charge in [0.1, 0.15) is 0 Å². The first-order valence-corrected chi connectivity index (χ1v) is 6.74. The number of pyridine rings is 1. The van der Waals surface area contributed by atoms with Crippen LogP contribution in [0.25, 0.3) is 0 Å². The van der Waals surface area contributed by atoms with E-state index in [1.165, 1.54) is 12.3 Å². The molecule has 1 N–H and O–H groups in total. The second-order valence-corrected chi connectivity index (χ2v) is 5.33. The van der Waals surface area contributed by atoms with Crippen LogP contribution in [-0.4, -0.2) is 21.8 Å². The first-order chi connectivity index (χ1) is 9.47. The summed E-state index contributed by atoms with van der Waals surface area (Å²) < 4.78 is 0.571. The van der Waals surface area contributed by atoms with Crippen LogP contribution in [0.1, 0.15) is 32.0 Å². The topological polar surface area (TPSA) is 67.3 Å². The molecule has 0 bridgehead atoms. The summed E-state index contributed by atoms with van der Waals surface area (Å²) >= 11 is 3.17. The van der Waals surface area contributed by atoms with E-state index in [-0.39, 0.29) is 23.5 Å². The molecule has 0 atom stereocenters. The second-order valence-electron chi connectivity index (χ2n) is 4.42. The van der Waals surface area contributed by atoms with Crippen molar-refractivity contribution in [2.45, 2.75) is 13.3 Å². The van der Waals surface area contributed by atoms with Gasteiger partial charge in [0.2, 0.25) is 0 Å². The Hall–Kier alpha value is -2.01. The lowest BCUT2D eigenvalue weighted by Crippen LogP contribution is -2.11. The molecule has 0 saturated carbocycles. The van der Waals surface area contributed by atoms with Crippen molar-refractivity contribution >= 4 is 27.7 Å². The highest BCUT2D eigenvalue weighted by atomic mass is 79.9. The van der Waals surface area contributed by atoms with E-state index >= 15 is 0 Å². The highest BCUT2D eigenvalue weighted by molar-refractivity contribution is 9.10. The van der Waals surface area contributed by atoms with Crippen molar-refractivity contribution < 1.29 is 14.7 Å². The summed E-state index contributed by atoms with van der Waals surface area (Å²) in [5.74, 6) is -1.24. The lowest BCUT2D eigenvalue weighted by atomic mass is 10.0. The zero-order valence-electron chi connectivity index (χ0n) is 10.8. The van der Waals surface area contributed by atoms with Crippen molar-refractivity contribution in [3.8, 4) is 0 Å². The van der Waals surface area contributed by atoms with Crippen LogP contribution in [0.5, 0.6) is 0 Å². The number of carboxylic acid groups (broad SMARTS) is 1. The van der Waals surface area contributed by atoms with E-state index in [9.17, 15) is 9.59 Å². The third kappa shape index (κ3) is 3.30. The van der Waals surface area contributed by atoms with Gasteiger partial charge < -0.3 is 5.11 Å². The van der Waals surface area contributed by atoms with Crippen LogP contribution >= 0.6 is 15.9 Å². The fourth-order valence-corrected chi connectivity index (χ4v) is 2.12. The molecule has 2 rings (SSSR count). The van der Waals surface area contributed by atoms with Crippen molar-refractivity contribution in [3.63, 3.8) is 0 Å². The van der Waals surface area contributed by atoms with E-state index in [2.05, 4.69) is 20.9 Å². The number of rotatable bonds is 4. The minimum Gasteiger partial charge on any atom is -0.478 e. The largest absolute Gasteiger partial charge is 0.478 e. The number of aromatic nitrogens is 1. The molecule has 0 aliphatic carbocycles. The first kappa shape index (κ1) is 14.4. The third-order valence-electron chi connectivity index (χ3n) is 2.87. The molecule has 0 aliphatic rings. The Morgan fingerprint density at radius 1 is 1.25 bits per heavy atom. The molecule has 0 fully saturated rings. The fraction of sp³-hybridized carbons (Fsp3) is 0.133. The summed E-state index contributed by atoms with van der Waals surface area (Å²) in [4.78, 5) is 27.3. The maximum absolute atomic E-state index is 12.1. The van der Waals surface area contributed by atoms with Gasteiger partial charge in [0.05, 0.1) is 17.7 Å². The molecule has 0 spiro atoms. The van der Waals surface area contributed by atoms with Gasteiger partial charge in [0, 0.05) is 16.2 Å². The van der Waals surface area contributed by atoms with Gasteiger partial charge in [-0.3, -0.25) is 9.78 Å². The van der Waals surface area contributed by atoms with Crippen LogP contribution in [0.3, 0.4) is 0 Å². The van der Waals surface area contributed by atoms with Crippen LogP contribution in [0.2, 0.25) is 0 Å². The van der Waals surface area contributed by atoms with E-state index in [1.807, 2.05) is 19.1 Å². The van der Waals surface area contributed by atoms with Crippen molar-refractivity contribution in [2.24, 2.45) is 0 Å². The van der Waals surface area contributed by atoms with Crippen molar-refractivity contribution in [1.82, 2.24) is 4.98 Å². The number of benzene rings is 1. The number of carbonyl (C=O) groups excluding carboxylic acids is 1. The van der Waals surface area contributed by atoms with E-state index < -0.39 is 5.97 Å². The van der Waals surface area contributed by atoms with Gasteiger partial charge in [-0.1, -0.05) is 29.8 Å². The first-order valence-electron chi connectivity index (χ1n) is 5.95. The SMILES string of the molecule is Cc1ccc(C(=O)Cc2ncc(Br)cc2C(=O)O)cc1. The predicted molar refractivity (Wildman–Crippen MR) is 78.1 cm³/mol. The summed E-state index contributed by atoms with van der Waals surface area (Å²) in [6.45, 7) is 1.94. The number of aryl methyl sites for hydroxylation is 1. The molecule has 102 valence electrons. The number of carbonyl (C=O) groups is 2. The average molecular weight is 334 g/mol. The molecule has 0 unspecified atom stereocenters. The number of Topliss-reactive ketones (excluding diaryl/α,β-unsaturated/α-hetero) is 1. The van der Waals surface area contributed by atoms with Gasteiger partial charge in [0.15, 0.2) is 5.78 Å². The number of carboxylic acids is 1. The lowest BCUT2D eigenvalue weighted by Gasteiger charge is -2.05. The van der Waals surface area contributed by atoms with E-state index in [0.29, 0.717) is 10.0 Å². The van der Waals surface area contributed by atoms with Crippen molar-refractivity contribution in [3.05, 3.63) is 63.4 Å². The molecule has 1 heterocycles. The second kappa shape index (κ2) is 5.96. The normalized spacial score (nSPS) is 10.3. The van der Waals surface area contributed by atoms with Gasteiger partial charge >= 0.3 is 5.97 Å². The Kier molecular flexibility index (Phi) is 4.29. The Morgan fingerprint density at radius 2 is 1.90 bits per heavy atom. The van der Waals surface area contributed by atoms with Crippen LogP contribution in [0, 0.1) is 6.92 Å². The summed E-state index contributed by atoms with van der Waals surface area (Å²) in [6.07, 6.45) is 1.46. The van der Waals surface area contributed by atoms with Crippen LogP contribution < -0.4 is 0 Å². The number of hydrogen-bond acceptors (Lipinski definition) is 3. The van der Waals surface area contributed by atoms with Gasteiger partial charge in [-0.05, 0) is 28.9 Å². The predicted octanol–water partition coefficient (Wildman–Crippen LogP) is 3.28. The Labute approximate surface area is 124 Å². The molecule has 1 aromatic heterocycles. The molecule has 0 saturated heterocycles. The number of halogens is 1. The van der Waals surface area contributed by atoms with Crippen LogP contribution in [0.15, 0.2) is 41.0 Å². The molecule has 5 heteroatoms. The molecule has 20 heavy (non-hydrogen) atoms. The molecule has 0 aliphatic heterocycles. The smallest absolute Gasteiger partial charge is 0.337 e. The molecule has 2 aromatic rings. The summed E-state index contributed by atoms with van der Waals surface area (Å²) in [5, 5.41) is 9.14. The Bertz CT molecular complexity index is 665. The number of hydrogen-bond donors (Lipinski definition) is 1. The zero-order chi connectivity index (χ0) is 14.7. The average Bonchev–Trinajstić information content (AvgIpc) is 2.41. The molecule has 0 amide bonds. The number of nitrogens with zero attached hydrogens (tertiary/aromatic N) is 1. The van der Waals surface area contributed by atoms with Gasteiger partial charge in [-0.25, -0.2) is 4.79 Å². The Balaban J connectivity index is 2.28. The molecular weight excluding hydrogens is 322 g/mol. The van der Waals surface area contributed by atoms with Crippen molar-refractivity contribution in [2.75, 3.05) is 0 Å². The lowest BCUT2D eigenvalue weighted by molar-refractivity contribution is 0.0695. The molecule has 1 aromatic carbocycles. The van der Waals surface area contributed by atoms with Crippen molar-refractivity contribution in [1.29, 1.82) is 0 Å². The van der Waals surface area contributed by atoms with Gasteiger partial charge in [-0.2, -0.15) is 0 Å². The highest BCUT2D eigenvalue weighted by Gasteiger charge is 2.16. The van der Waals surface area contributed by atoms with Crippen LogP contribution in [-0.2, 0) is 6.42 Å². The summed E-state index contributed by atoms with van der Waals surface area (Å²) in [7, 11) is 0.